The molecule has 2 aromatic carbocycles. The summed E-state index contributed by atoms with van der Waals surface area (Å²) >= 11 is 1.20. The third-order valence-electron chi connectivity index (χ3n) is 6.23. The highest BCUT2D eigenvalue weighted by Gasteiger charge is 2.23. The third kappa shape index (κ3) is 5.60. The van der Waals surface area contributed by atoms with Crippen LogP contribution in [-0.2, 0) is 14.8 Å². The lowest BCUT2D eigenvalue weighted by Crippen LogP contribution is -2.13. The summed E-state index contributed by atoms with van der Waals surface area (Å²) in [6.07, 6.45) is 5.67. The Bertz CT molecular complexity index is 1370. The number of anilines is 1. The predicted molar refractivity (Wildman–Crippen MR) is 141 cm³/mol. The van der Waals surface area contributed by atoms with E-state index < -0.39 is 16.0 Å². The van der Waals surface area contributed by atoms with E-state index in [0.29, 0.717) is 5.41 Å². The molecule has 0 radical (unpaired) electrons. The molecule has 0 fully saturated rings. The molecule has 0 atom stereocenters. The smallest absolute Gasteiger partial charge is 0.337 e. The Morgan fingerprint density at radius 1 is 1.00 bits per heavy atom. The maximum absolute atomic E-state index is 13.0. The van der Waals surface area contributed by atoms with Crippen LogP contribution in [0.2, 0.25) is 0 Å². The summed E-state index contributed by atoms with van der Waals surface area (Å²) in [5, 5.41) is 0. The van der Waals surface area contributed by atoms with Crippen LogP contribution in [0, 0.1) is 5.41 Å². The zero-order valence-electron chi connectivity index (χ0n) is 20.3. The van der Waals surface area contributed by atoms with Crippen molar-refractivity contribution in [2.45, 2.75) is 37.3 Å². The average Bonchev–Trinajstić information content (AvgIpc) is 3.35. The van der Waals surface area contributed by atoms with Crippen LogP contribution in [0.1, 0.15) is 49.0 Å². The number of carbonyl (C=O) groups is 1. The summed E-state index contributed by atoms with van der Waals surface area (Å²) in [5.41, 5.74) is 4.44. The van der Waals surface area contributed by atoms with Gasteiger partial charge < -0.3 is 9.47 Å². The minimum atomic E-state index is -3.84. The van der Waals surface area contributed by atoms with Gasteiger partial charge in [-0.3, -0.25) is 4.72 Å². The minimum absolute atomic E-state index is 0.188. The van der Waals surface area contributed by atoms with E-state index in [4.69, 9.17) is 9.47 Å². The molecule has 8 heteroatoms. The first-order valence-electron chi connectivity index (χ1n) is 11.3. The van der Waals surface area contributed by atoms with Crippen molar-refractivity contribution < 1.29 is 22.7 Å². The normalized spacial score (nSPS) is 15.3. The van der Waals surface area contributed by atoms with E-state index in [1.165, 1.54) is 61.3 Å². The van der Waals surface area contributed by atoms with Crippen molar-refractivity contribution in [3.05, 3.63) is 71.8 Å². The molecule has 0 saturated carbocycles. The molecule has 0 aliphatic heterocycles. The number of allylic oxidation sites excluding steroid dienone is 2. The summed E-state index contributed by atoms with van der Waals surface area (Å²) in [6, 6.07) is 16.1. The molecule has 1 aliphatic carbocycles. The van der Waals surface area contributed by atoms with Crippen LogP contribution in [0.15, 0.2) is 64.9 Å². The molecule has 184 valence electrons. The number of sulfonamides is 1. The van der Waals surface area contributed by atoms with Crippen molar-refractivity contribution in [2.75, 3.05) is 18.9 Å². The lowest BCUT2D eigenvalue weighted by Gasteiger charge is -2.28. The molecule has 0 bridgehead atoms. The highest BCUT2D eigenvalue weighted by atomic mass is 32.2. The summed E-state index contributed by atoms with van der Waals surface area (Å²) in [7, 11) is -1.16. The molecular formula is C27H29NO5S2. The average molecular weight is 512 g/mol. The summed E-state index contributed by atoms with van der Waals surface area (Å²) in [5.74, 6) is -0.306. The van der Waals surface area contributed by atoms with Crippen molar-refractivity contribution in [3.63, 3.8) is 0 Å². The number of hydrogen-bond acceptors (Lipinski definition) is 6. The second-order valence-corrected chi connectivity index (χ2v) is 12.3. The number of rotatable bonds is 7. The molecule has 1 heterocycles. The van der Waals surface area contributed by atoms with E-state index in [1.54, 1.807) is 6.07 Å². The first-order valence-corrected chi connectivity index (χ1v) is 13.6. The van der Waals surface area contributed by atoms with Crippen LogP contribution in [0.3, 0.4) is 0 Å². The molecule has 4 rings (SSSR count). The topological polar surface area (TPSA) is 81.7 Å². The van der Waals surface area contributed by atoms with Crippen LogP contribution in [0.5, 0.6) is 5.75 Å². The molecule has 0 amide bonds. The second kappa shape index (κ2) is 9.87. The van der Waals surface area contributed by atoms with Gasteiger partial charge in [0.05, 0.1) is 25.5 Å². The maximum atomic E-state index is 13.0. The number of methoxy groups -OCH3 is 2. The van der Waals surface area contributed by atoms with Gasteiger partial charge in [-0.1, -0.05) is 44.2 Å². The van der Waals surface area contributed by atoms with Gasteiger partial charge in [-0.05, 0) is 71.7 Å². The van der Waals surface area contributed by atoms with E-state index in [1.807, 2.05) is 18.2 Å². The largest absolute Gasteiger partial charge is 0.495 e. The van der Waals surface area contributed by atoms with E-state index in [2.05, 4.69) is 36.8 Å². The molecule has 0 unspecified atom stereocenters. The van der Waals surface area contributed by atoms with E-state index in [-0.39, 0.29) is 21.2 Å². The lowest BCUT2D eigenvalue weighted by molar-refractivity contribution is 0.0600. The molecule has 1 aliphatic rings. The molecule has 6 nitrogen and oxygen atoms in total. The SMILES string of the molecule is COC(=O)c1ccc(NS(=O)(=O)c2ccc(-c3ccc(C4=CCC(C)(C)CC4)cc3)s2)c(OC)c1. The van der Waals surface area contributed by atoms with Gasteiger partial charge in [0.1, 0.15) is 9.96 Å². The van der Waals surface area contributed by atoms with Crippen LogP contribution in [-0.4, -0.2) is 28.6 Å². The highest BCUT2D eigenvalue weighted by molar-refractivity contribution is 7.94. The quantitative estimate of drug-likeness (QED) is 0.361. The van der Waals surface area contributed by atoms with Crippen molar-refractivity contribution in [2.24, 2.45) is 5.41 Å². The monoisotopic (exact) mass is 511 g/mol. The Hall–Kier alpha value is -3.10. The first kappa shape index (κ1) is 25.0. The molecular weight excluding hydrogens is 482 g/mol. The van der Waals surface area contributed by atoms with Crippen molar-refractivity contribution in [1.82, 2.24) is 0 Å². The number of ether oxygens (including phenoxy) is 2. The van der Waals surface area contributed by atoms with Crippen LogP contribution in [0.4, 0.5) is 5.69 Å². The number of esters is 1. The Balaban J connectivity index is 1.52. The zero-order chi connectivity index (χ0) is 25.2. The van der Waals surface area contributed by atoms with Gasteiger partial charge >= 0.3 is 5.97 Å². The summed E-state index contributed by atoms with van der Waals surface area (Å²) in [6.45, 7) is 4.60. The van der Waals surface area contributed by atoms with Gasteiger partial charge in [-0.2, -0.15) is 0 Å². The number of hydrogen-bond donors (Lipinski definition) is 1. The standard InChI is InChI=1S/C27H29NO5S2/c1-27(2)15-13-19(14-16-27)18-5-7-20(8-6-18)24-11-12-25(34-24)35(30,31)28-22-10-9-21(26(29)33-4)17-23(22)32-3/h5-13,17,28H,14-16H2,1-4H3. The fourth-order valence-corrected chi connectivity index (χ4v) is 6.40. The second-order valence-electron chi connectivity index (χ2n) is 9.31. The zero-order valence-corrected chi connectivity index (χ0v) is 21.9. The first-order chi connectivity index (χ1) is 16.6. The van der Waals surface area contributed by atoms with Gasteiger partial charge in [0, 0.05) is 4.88 Å². The van der Waals surface area contributed by atoms with Gasteiger partial charge in [0.15, 0.2) is 0 Å². The van der Waals surface area contributed by atoms with Crippen LogP contribution in [0.25, 0.3) is 16.0 Å². The molecule has 3 aromatic rings. The number of benzene rings is 2. The Kier molecular flexibility index (Phi) is 7.05. The predicted octanol–water partition coefficient (Wildman–Crippen LogP) is 6.60. The number of nitrogens with one attached hydrogen (secondary N) is 1. The molecule has 1 N–H and O–H groups in total. The van der Waals surface area contributed by atoms with Gasteiger partial charge in [-0.15, -0.1) is 11.3 Å². The number of carbonyl (C=O) groups excluding carboxylic acids is 1. The summed E-state index contributed by atoms with van der Waals surface area (Å²) < 4.78 is 38.8. The minimum Gasteiger partial charge on any atom is -0.495 e. The number of thiophene rings is 1. The van der Waals surface area contributed by atoms with Crippen LogP contribution >= 0.6 is 11.3 Å². The van der Waals surface area contributed by atoms with E-state index in [9.17, 15) is 13.2 Å². The fourth-order valence-electron chi connectivity index (χ4n) is 4.02. The maximum Gasteiger partial charge on any atom is 0.337 e. The molecule has 0 spiro atoms. The highest BCUT2D eigenvalue weighted by Crippen LogP contribution is 2.39. The Morgan fingerprint density at radius 3 is 2.34 bits per heavy atom. The van der Waals surface area contributed by atoms with Crippen LogP contribution < -0.4 is 9.46 Å². The molecule has 35 heavy (non-hydrogen) atoms. The van der Waals surface area contributed by atoms with Gasteiger partial charge in [-0.25, -0.2) is 13.2 Å². The van der Waals surface area contributed by atoms with Crippen molar-refractivity contribution in [3.8, 4) is 16.2 Å². The third-order valence-corrected chi connectivity index (χ3v) is 9.22. The lowest BCUT2D eigenvalue weighted by atomic mass is 9.77. The van der Waals surface area contributed by atoms with Gasteiger partial charge in [0.25, 0.3) is 10.0 Å². The summed E-state index contributed by atoms with van der Waals surface area (Å²) in [4.78, 5) is 12.6. The van der Waals surface area contributed by atoms with E-state index in [0.717, 1.165) is 23.3 Å². The fraction of sp³-hybridized carbons (Fsp3) is 0.296. The van der Waals surface area contributed by atoms with Crippen molar-refractivity contribution >= 4 is 38.6 Å². The van der Waals surface area contributed by atoms with Crippen molar-refractivity contribution in [1.29, 1.82) is 0 Å². The molecule has 0 saturated heterocycles. The molecule has 1 aromatic heterocycles. The van der Waals surface area contributed by atoms with E-state index >= 15 is 0 Å². The van der Waals surface area contributed by atoms with Gasteiger partial charge in [0.2, 0.25) is 0 Å². The Labute approximate surface area is 210 Å². The Morgan fingerprint density at radius 2 is 1.71 bits per heavy atom.